The number of nitrogens with zero attached hydrogens (tertiary/aromatic N) is 4. The van der Waals surface area contributed by atoms with Crippen molar-refractivity contribution in [1.29, 1.82) is 0 Å². The fraction of sp³-hybridized carbons (Fsp3) is 0.583. The standard InChI is InChI=1S/C12H18N6O3/c1-6(2)21-11-16-9(13)15-10(17-11)18-5-7(19)14-8(20)12(18,3)4/h6H,5H2,1-4H3,(H,14,19,20)(H2,13,15,16,17). The van der Waals surface area contributed by atoms with Gasteiger partial charge in [-0.1, -0.05) is 0 Å². The molecule has 1 saturated heterocycles. The van der Waals surface area contributed by atoms with Crippen molar-refractivity contribution in [3.63, 3.8) is 0 Å². The highest BCUT2D eigenvalue weighted by Gasteiger charge is 2.42. The Bertz CT molecular complexity index is 586. The maximum Gasteiger partial charge on any atom is 0.323 e. The van der Waals surface area contributed by atoms with Gasteiger partial charge in [0, 0.05) is 0 Å². The molecule has 0 unspecified atom stereocenters. The molecule has 0 aliphatic carbocycles. The molecule has 0 spiro atoms. The van der Waals surface area contributed by atoms with Crippen molar-refractivity contribution in [1.82, 2.24) is 20.3 Å². The van der Waals surface area contributed by atoms with Gasteiger partial charge in [0.1, 0.15) is 12.1 Å². The molecule has 21 heavy (non-hydrogen) atoms. The molecule has 0 saturated carbocycles. The average Bonchev–Trinajstić information content (AvgIpc) is 2.32. The summed E-state index contributed by atoms with van der Waals surface area (Å²) >= 11 is 0. The van der Waals surface area contributed by atoms with Crippen LogP contribution in [0, 0.1) is 0 Å². The van der Waals surface area contributed by atoms with E-state index >= 15 is 0 Å². The lowest BCUT2D eigenvalue weighted by atomic mass is 9.99. The number of carbonyl (C=O) groups excluding carboxylic acids is 2. The van der Waals surface area contributed by atoms with Crippen LogP contribution < -0.4 is 20.7 Å². The van der Waals surface area contributed by atoms with Gasteiger partial charge < -0.3 is 15.4 Å². The van der Waals surface area contributed by atoms with E-state index in [1.165, 1.54) is 4.90 Å². The zero-order chi connectivity index (χ0) is 15.8. The molecule has 114 valence electrons. The van der Waals surface area contributed by atoms with Crippen LogP contribution in [0.4, 0.5) is 11.9 Å². The molecule has 2 amide bonds. The van der Waals surface area contributed by atoms with Crippen LogP contribution >= 0.6 is 0 Å². The van der Waals surface area contributed by atoms with Gasteiger partial charge in [0.2, 0.25) is 17.8 Å². The quantitative estimate of drug-likeness (QED) is 0.714. The van der Waals surface area contributed by atoms with E-state index in [9.17, 15) is 9.59 Å². The number of hydrogen-bond donors (Lipinski definition) is 2. The molecule has 0 atom stereocenters. The average molecular weight is 294 g/mol. The Morgan fingerprint density at radius 1 is 1.29 bits per heavy atom. The van der Waals surface area contributed by atoms with E-state index in [0.29, 0.717) is 0 Å². The van der Waals surface area contributed by atoms with E-state index in [2.05, 4.69) is 20.3 Å². The predicted octanol–water partition coefficient (Wildman–Crippen LogP) is -0.518. The van der Waals surface area contributed by atoms with Crippen LogP contribution in [0.25, 0.3) is 0 Å². The number of hydrogen-bond acceptors (Lipinski definition) is 8. The second-order valence-electron chi connectivity index (χ2n) is 5.47. The Morgan fingerprint density at radius 2 is 1.95 bits per heavy atom. The molecule has 9 nitrogen and oxygen atoms in total. The van der Waals surface area contributed by atoms with Gasteiger partial charge in [-0.25, -0.2) is 0 Å². The zero-order valence-corrected chi connectivity index (χ0v) is 12.4. The molecule has 3 N–H and O–H groups in total. The van der Waals surface area contributed by atoms with Gasteiger partial charge in [0.15, 0.2) is 0 Å². The fourth-order valence-corrected chi connectivity index (χ4v) is 1.85. The molecule has 1 aromatic heterocycles. The number of nitrogens with one attached hydrogen (secondary N) is 1. The maximum atomic E-state index is 12.0. The molecule has 0 bridgehead atoms. The van der Waals surface area contributed by atoms with Crippen molar-refractivity contribution < 1.29 is 14.3 Å². The minimum Gasteiger partial charge on any atom is -0.461 e. The Kier molecular flexibility index (Phi) is 3.67. The van der Waals surface area contributed by atoms with E-state index in [1.54, 1.807) is 13.8 Å². The molecule has 1 aliphatic heterocycles. The summed E-state index contributed by atoms with van der Waals surface area (Å²) in [4.78, 5) is 37.0. The van der Waals surface area contributed by atoms with Crippen LogP contribution in [-0.4, -0.2) is 45.0 Å². The van der Waals surface area contributed by atoms with Gasteiger partial charge >= 0.3 is 6.01 Å². The number of nitrogen functional groups attached to an aromatic ring is 1. The number of imide groups is 1. The second-order valence-corrected chi connectivity index (χ2v) is 5.47. The first-order chi connectivity index (χ1) is 9.70. The summed E-state index contributed by atoms with van der Waals surface area (Å²) < 4.78 is 5.39. The number of amides is 2. The zero-order valence-electron chi connectivity index (χ0n) is 12.4. The van der Waals surface area contributed by atoms with E-state index in [0.717, 1.165) is 0 Å². The van der Waals surface area contributed by atoms with Crippen molar-refractivity contribution >= 4 is 23.7 Å². The number of nitrogens with two attached hydrogens (primary N) is 1. The lowest BCUT2D eigenvalue weighted by Gasteiger charge is -2.39. The third-order valence-corrected chi connectivity index (χ3v) is 2.99. The Morgan fingerprint density at radius 3 is 2.57 bits per heavy atom. The molecule has 2 heterocycles. The van der Waals surface area contributed by atoms with Crippen LogP contribution in [0.1, 0.15) is 27.7 Å². The number of ether oxygens (including phenoxy) is 1. The van der Waals surface area contributed by atoms with Crippen molar-refractivity contribution in [2.45, 2.75) is 39.3 Å². The van der Waals surface area contributed by atoms with Gasteiger partial charge in [-0.05, 0) is 27.7 Å². The van der Waals surface area contributed by atoms with Gasteiger partial charge in [-0.2, -0.15) is 15.0 Å². The maximum absolute atomic E-state index is 12.0. The number of anilines is 2. The first kappa shape index (κ1) is 14.9. The lowest BCUT2D eigenvalue weighted by molar-refractivity contribution is -0.135. The normalized spacial score (nSPS) is 17.9. The minimum absolute atomic E-state index is 0.0371. The molecule has 1 fully saturated rings. The summed E-state index contributed by atoms with van der Waals surface area (Å²) in [6.45, 7) is 6.92. The van der Waals surface area contributed by atoms with E-state index in [-0.39, 0.29) is 30.6 Å². The second kappa shape index (κ2) is 5.15. The van der Waals surface area contributed by atoms with Crippen LogP contribution in [0.2, 0.25) is 0 Å². The largest absolute Gasteiger partial charge is 0.461 e. The van der Waals surface area contributed by atoms with Crippen molar-refractivity contribution in [3.05, 3.63) is 0 Å². The van der Waals surface area contributed by atoms with E-state index < -0.39 is 17.4 Å². The summed E-state index contributed by atoms with van der Waals surface area (Å²) in [7, 11) is 0. The summed E-state index contributed by atoms with van der Waals surface area (Å²) in [5, 5.41) is 2.28. The number of carbonyl (C=O) groups is 2. The molecule has 9 heteroatoms. The highest BCUT2D eigenvalue weighted by Crippen LogP contribution is 2.25. The third-order valence-electron chi connectivity index (χ3n) is 2.99. The van der Waals surface area contributed by atoms with Crippen LogP contribution in [-0.2, 0) is 9.59 Å². The molecule has 0 radical (unpaired) electrons. The Labute approximate surface area is 121 Å². The monoisotopic (exact) mass is 294 g/mol. The summed E-state index contributed by atoms with van der Waals surface area (Å²) in [6.07, 6.45) is -0.140. The number of piperazine rings is 1. The highest BCUT2D eigenvalue weighted by atomic mass is 16.5. The lowest BCUT2D eigenvalue weighted by Crippen LogP contribution is -2.64. The fourth-order valence-electron chi connectivity index (χ4n) is 1.85. The summed E-state index contributed by atoms with van der Waals surface area (Å²) in [5.41, 5.74) is 4.66. The first-order valence-electron chi connectivity index (χ1n) is 6.50. The Hall–Kier alpha value is -2.45. The first-order valence-corrected chi connectivity index (χ1v) is 6.50. The smallest absolute Gasteiger partial charge is 0.323 e. The van der Waals surface area contributed by atoms with Crippen LogP contribution in [0.5, 0.6) is 6.01 Å². The molecule has 1 aromatic rings. The van der Waals surface area contributed by atoms with Crippen molar-refractivity contribution in [3.8, 4) is 6.01 Å². The van der Waals surface area contributed by atoms with Gasteiger partial charge in [0.05, 0.1) is 6.10 Å². The molecule has 1 aliphatic rings. The van der Waals surface area contributed by atoms with Crippen LogP contribution in [0.3, 0.4) is 0 Å². The highest BCUT2D eigenvalue weighted by molar-refractivity contribution is 6.06. The molecular weight excluding hydrogens is 276 g/mol. The third kappa shape index (κ3) is 3.01. The SMILES string of the molecule is CC(C)Oc1nc(N)nc(N2CC(=O)NC(=O)C2(C)C)n1. The Balaban J connectivity index is 2.41. The molecule has 0 aromatic carbocycles. The molecule has 2 rings (SSSR count). The molecular formula is C12H18N6O3. The van der Waals surface area contributed by atoms with Crippen LogP contribution in [0.15, 0.2) is 0 Å². The predicted molar refractivity (Wildman–Crippen MR) is 74.6 cm³/mol. The summed E-state index contributed by atoms with van der Waals surface area (Å²) in [5.74, 6) is -0.759. The van der Waals surface area contributed by atoms with Crippen molar-refractivity contribution in [2.75, 3.05) is 17.2 Å². The summed E-state index contributed by atoms with van der Waals surface area (Å²) in [6, 6.07) is 0.0572. The number of rotatable bonds is 3. The van der Waals surface area contributed by atoms with Gasteiger partial charge in [-0.15, -0.1) is 0 Å². The van der Waals surface area contributed by atoms with E-state index in [1.807, 2.05) is 13.8 Å². The van der Waals surface area contributed by atoms with E-state index in [4.69, 9.17) is 10.5 Å². The minimum atomic E-state index is -0.989. The van der Waals surface area contributed by atoms with Gasteiger partial charge in [-0.3, -0.25) is 14.9 Å². The van der Waals surface area contributed by atoms with Crippen molar-refractivity contribution in [2.24, 2.45) is 0 Å². The number of aromatic nitrogens is 3. The van der Waals surface area contributed by atoms with Gasteiger partial charge in [0.25, 0.3) is 5.91 Å². The topological polar surface area (TPSA) is 123 Å².